The first-order chi connectivity index (χ1) is 8.61. The standard InChI is InChI=1S/C8H17NO.C5H12.C3H6O/c1-8(2,3)9-4-6-10-7-5-9;1-5(2,3)4;1-2-4-3-1/h4-7H2,1-3H3;1-4H3;1-3H2. The van der Waals surface area contributed by atoms with Crippen molar-refractivity contribution in [1.82, 2.24) is 4.90 Å². The van der Waals surface area contributed by atoms with E-state index < -0.39 is 0 Å². The maximum Gasteiger partial charge on any atom is 0.0594 e. The van der Waals surface area contributed by atoms with Gasteiger partial charge in [-0.15, -0.1) is 0 Å². The van der Waals surface area contributed by atoms with Crippen LogP contribution in [0.5, 0.6) is 0 Å². The van der Waals surface area contributed by atoms with E-state index in [0.29, 0.717) is 11.0 Å². The van der Waals surface area contributed by atoms with E-state index in [1.807, 2.05) is 0 Å². The Morgan fingerprint density at radius 2 is 1.00 bits per heavy atom. The number of nitrogens with zero attached hydrogens (tertiary/aromatic N) is 1. The summed E-state index contributed by atoms with van der Waals surface area (Å²) in [5.41, 5.74) is 0.823. The first-order valence-corrected chi connectivity index (χ1v) is 7.51. The van der Waals surface area contributed by atoms with E-state index in [2.05, 4.69) is 53.4 Å². The fourth-order valence-corrected chi connectivity index (χ4v) is 1.38. The van der Waals surface area contributed by atoms with Gasteiger partial charge in [-0.25, -0.2) is 0 Å². The molecule has 3 nitrogen and oxygen atoms in total. The molecule has 2 aliphatic heterocycles. The summed E-state index contributed by atoms with van der Waals surface area (Å²) >= 11 is 0. The van der Waals surface area contributed by atoms with Crippen LogP contribution in [0.1, 0.15) is 54.9 Å². The SMILES string of the molecule is C1COC1.CC(C)(C)C.CC(C)(C)N1CCOCC1. The lowest BCUT2D eigenvalue weighted by Crippen LogP contribution is -2.47. The van der Waals surface area contributed by atoms with Crippen LogP contribution in [-0.4, -0.2) is 50.0 Å². The third-order valence-electron chi connectivity index (χ3n) is 2.54. The summed E-state index contributed by atoms with van der Waals surface area (Å²) in [4.78, 5) is 2.45. The molecular weight excluding hydrogens is 238 g/mol. The van der Waals surface area contributed by atoms with Crippen molar-refractivity contribution in [2.45, 2.75) is 60.4 Å². The van der Waals surface area contributed by atoms with Gasteiger partial charge in [-0.2, -0.15) is 0 Å². The zero-order valence-electron chi connectivity index (χ0n) is 14.2. The molecule has 0 aliphatic carbocycles. The molecule has 0 aromatic heterocycles. The minimum Gasteiger partial charge on any atom is -0.381 e. The Labute approximate surface area is 120 Å². The van der Waals surface area contributed by atoms with Crippen LogP contribution in [-0.2, 0) is 9.47 Å². The third-order valence-corrected chi connectivity index (χ3v) is 2.54. The van der Waals surface area contributed by atoms with Crippen molar-refractivity contribution in [3.05, 3.63) is 0 Å². The molecule has 0 spiro atoms. The van der Waals surface area contributed by atoms with Crippen molar-refractivity contribution in [2.24, 2.45) is 5.41 Å². The minimum atomic E-state index is 0.323. The monoisotopic (exact) mass is 273 g/mol. The zero-order valence-corrected chi connectivity index (χ0v) is 14.2. The van der Waals surface area contributed by atoms with Crippen LogP contribution < -0.4 is 0 Å². The van der Waals surface area contributed by atoms with Crippen LogP contribution in [0.15, 0.2) is 0 Å². The normalized spacial score (nSPS) is 20.4. The molecule has 0 bridgehead atoms. The molecule has 0 saturated carbocycles. The van der Waals surface area contributed by atoms with E-state index >= 15 is 0 Å². The second-order valence-electron chi connectivity index (χ2n) is 7.74. The van der Waals surface area contributed by atoms with E-state index in [9.17, 15) is 0 Å². The van der Waals surface area contributed by atoms with Gasteiger partial charge in [-0.05, 0) is 32.6 Å². The van der Waals surface area contributed by atoms with Gasteiger partial charge < -0.3 is 9.47 Å². The number of ether oxygens (including phenoxy) is 2. The number of morpholine rings is 1. The van der Waals surface area contributed by atoms with E-state index in [1.54, 1.807) is 0 Å². The van der Waals surface area contributed by atoms with Gasteiger partial charge in [0.1, 0.15) is 0 Å². The fourth-order valence-electron chi connectivity index (χ4n) is 1.38. The largest absolute Gasteiger partial charge is 0.381 e. The minimum absolute atomic E-state index is 0.323. The highest BCUT2D eigenvalue weighted by atomic mass is 16.5. The topological polar surface area (TPSA) is 21.7 Å². The predicted molar refractivity (Wildman–Crippen MR) is 82.7 cm³/mol. The van der Waals surface area contributed by atoms with Crippen LogP contribution >= 0.6 is 0 Å². The van der Waals surface area contributed by atoms with Gasteiger partial charge in [-0.3, -0.25) is 4.90 Å². The first kappa shape index (κ1) is 18.9. The summed E-state index contributed by atoms with van der Waals surface area (Å²) in [6.07, 6.45) is 1.28. The van der Waals surface area contributed by atoms with Gasteiger partial charge in [-0.1, -0.05) is 27.7 Å². The summed E-state index contributed by atoms with van der Waals surface area (Å²) in [6, 6.07) is 0. The van der Waals surface area contributed by atoms with E-state index in [4.69, 9.17) is 9.47 Å². The quantitative estimate of drug-likeness (QED) is 0.673. The van der Waals surface area contributed by atoms with Gasteiger partial charge >= 0.3 is 0 Å². The summed E-state index contributed by atoms with van der Waals surface area (Å²) < 4.78 is 9.98. The molecule has 0 unspecified atom stereocenters. The third kappa shape index (κ3) is 14.1. The van der Waals surface area contributed by atoms with E-state index in [0.717, 1.165) is 39.5 Å². The smallest absolute Gasteiger partial charge is 0.0594 e. The molecule has 2 aliphatic rings. The summed E-state index contributed by atoms with van der Waals surface area (Å²) in [6.45, 7) is 21.5. The predicted octanol–water partition coefficient (Wildman–Crippen LogP) is 3.58. The van der Waals surface area contributed by atoms with Gasteiger partial charge in [0.2, 0.25) is 0 Å². The highest BCUT2D eigenvalue weighted by Gasteiger charge is 2.22. The molecule has 2 rings (SSSR count). The van der Waals surface area contributed by atoms with Crippen molar-refractivity contribution in [1.29, 1.82) is 0 Å². The summed E-state index contributed by atoms with van der Waals surface area (Å²) in [5, 5.41) is 0. The molecule has 0 N–H and O–H groups in total. The maximum absolute atomic E-state index is 5.25. The fraction of sp³-hybridized carbons (Fsp3) is 1.00. The lowest BCUT2D eigenvalue weighted by Gasteiger charge is -2.38. The Hall–Kier alpha value is -0.120. The van der Waals surface area contributed by atoms with E-state index in [1.165, 1.54) is 6.42 Å². The first-order valence-electron chi connectivity index (χ1n) is 7.51. The molecule has 0 atom stereocenters. The molecule has 0 aromatic rings. The second kappa shape index (κ2) is 8.93. The average molecular weight is 273 g/mol. The Balaban J connectivity index is 0.000000299. The molecular formula is C16H35NO2. The molecule has 3 heteroatoms. The van der Waals surface area contributed by atoms with Gasteiger partial charge in [0.15, 0.2) is 0 Å². The van der Waals surface area contributed by atoms with Gasteiger partial charge in [0.25, 0.3) is 0 Å². The molecule has 0 aromatic carbocycles. The highest BCUT2D eigenvalue weighted by Crippen LogP contribution is 2.13. The van der Waals surface area contributed by atoms with Crippen LogP contribution in [0.2, 0.25) is 0 Å². The second-order valence-corrected chi connectivity index (χ2v) is 7.74. The van der Waals surface area contributed by atoms with Crippen molar-refractivity contribution in [3.8, 4) is 0 Å². The molecule has 2 heterocycles. The average Bonchev–Trinajstić information content (AvgIpc) is 2.12. The number of hydrogen-bond acceptors (Lipinski definition) is 3. The van der Waals surface area contributed by atoms with Crippen molar-refractivity contribution in [2.75, 3.05) is 39.5 Å². The van der Waals surface area contributed by atoms with Crippen molar-refractivity contribution >= 4 is 0 Å². The highest BCUT2D eigenvalue weighted by molar-refractivity contribution is 4.77. The van der Waals surface area contributed by atoms with Crippen LogP contribution in [0.25, 0.3) is 0 Å². The Kier molecular flexibility index (Phi) is 8.88. The van der Waals surface area contributed by atoms with Crippen molar-refractivity contribution in [3.63, 3.8) is 0 Å². The number of rotatable bonds is 0. The van der Waals surface area contributed by atoms with Gasteiger partial charge in [0, 0.05) is 31.8 Å². The van der Waals surface area contributed by atoms with E-state index in [-0.39, 0.29) is 0 Å². The van der Waals surface area contributed by atoms with Crippen LogP contribution in [0, 0.1) is 5.41 Å². The lowest BCUT2D eigenvalue weighted by atomic mass is 10.0. The summed E-state index contributed by atoms with van der Waals surface area (Å²) in [7, 11) is 0. The molecule has 19 heavy (non-hydrogen) atoms. The maximum atomic E-state index is 5.25. The number of hydrogen-bond donors (Lipinski definition) is 0. The summed E-state index contributed by atoms with van der Waals surface area (Å²) in [5.74, 6) is 0. The molecule has 0 amide bonds. The molecule has 2 fully saturated rings. The molecule has 2 saturated heterocycles. The zero-order chi connectivity index (χ0) is 14.9. The van der Waals surface area contributed by atoms with Crippen LogP contribution in [0.4, 0.5) is 0 Å². The Morgan fingerprint density at radius 3 is 1.16 bits per heavy atom. The van der Waals surface area contributed by atoms with Gasteiger partial charge in [0.05, 0.1) is 13.2 Å². The van der Waals surface area contributed by atoms with Crippen molar-refractivity contribution < 1.29 is 9.47 Å². The lowest BCUT2D eigenvalue weighted by molar-refractivity contribution is -0.00389. The Morgan fingerprint density at radius 1 is 0.684 bits per heavy atom. The molecule has 116 valence electrons. The molecule has 0 radical (unpaired) electrons. The Bertz CT molecular complexity index is 196. The van der Waals surface area contributed by atoms with Crippen LogP contribution in [0.3, 0.4) is 0 Å².